The van der Waals surface area contributed by atoms with Gasteiger partial charge in [0.2, 0.25) is 0 Å². The topological polar surface area (TPSA) is 41.6 Å². The number of carbonyl (C=O) groups is 1. The van der Waals surface area contributed by atoms with Crippen LogP contribution in [0.15, 0.2) is 0 Å². The Balaban J connectivity index is 1.96. The van der Waals surface area contributed by atoms with Crippen molar-refractivity contribution in [1.82, 2.24) is 10.2 Å². The predicted molar refractivity (Wildman–Crippen MR) is 62.7 cm³/mol. The number of ether oxygens (including phenoxy) is 1. The maximum atomic E-state index is 13.8. The highest BCUT2D eigenvalue weighted by Gasteiger charge is 2.49. The van der Waals surface area contributed by atoms with Crippen LogP contribution in [0.4, 0.5) is 9.18 Å². The van der Waals surface area contributed by atoms with Crippen molar-refractivity contribution in [3.05, 3.63) is 0 Å². The first kappa shape index (κ1) is 12.6. The van der Waals surface area contributed by atoms with Crippen molar-refractivity contribution in [2.45, 2.75) is 50.9 Å². The minimum absolute atomic E-state index is 0.338. The molecule has 1 N–H and O–H groups in total. The highest BCUT2D eigenvalue weighted by molar-refractivity contribution is 5.68. The lowest BCUT2D eigenvalue weighted by Gasteiger charge is -2.28. The standard InChI is InChI=1S/C12H21FN2O2/c1-11(2,3)17-10(16)15-7-5-12(8-15)9(13)4-6-14-12/h9,14H,4-8H2,1-3H3. The highest BCUT2D eigenvalue weighted by atomic mass is 19.1. The van der Waals surface area contributed by atoms with Crippen LogP contribution in [0.25, 0.3) is 0 Å². The van der Waals surface area contributed by atoms with Gasteiger partial charge < -0.3 is 15.0 Å². The molecule has 0 saturated carbocycles. The van der Waals surface area contributed by atoms with Gasteiger partial charge in [-0.25, -0.2) is 9.18 Å². The van der Waals surface area contributed by atoms with Crippen LogP contribution in [-0.2, 0) is 4.74 Å². The van der Waals surface area contributed by atoms with E-state index in [0.717, 1.165) is 0 Å². The number of rotatable bonds is 0. The lowest BCUT2D eigenvalue weighted by molar-refractivity contribution is 0.0274. The molecule has 0 aromatic carbocycles. The number of hydrogen-bond donors (Lipinski definition) is 1. The Labute approximate surface area is 101 Å². The Kier molecular flexibility index (Phi) is 3.06. The first-order chi connectivity index (χ1) is 7.82. The van der Waals surface area contributed by atoms with Crippen molar-refractivity contribution in [1.29, 1.82) is 0 Å². The molecule has 0 aromatic heterocycles. The van der Waals surface area contributed by atoms with Crippen molar-refractivity contribution in [2.75, 3.05) is 19.6 Å². The zero-order valence-electron chi connectivity index (χ0n) is 10.8. The van der Waals surface area contributed by atoms with Crippen LogP contribution in [0, 0.1) is 0 Å². The molecule has 2 rings (SSSR count). The summed E-state index contributed by atoms with van der Waals surface area (Å²) in [4.78, 5) is 13.5. The van der Waals surface area contributed by atoms with E-state index in [2.05, 4.69) is 5.32 Å². The van der Waals surface area contributed by atoms with Crippen molar-refractivity contribution >= 4 is 6.09 Å². The van der Waals surface area contributed by atoms with E-state index in [9.17, 15) is 9.18 Å². The maximum absolute atomic E-state index is 13.8. The van der Waals surface area contributed by atoms with E-state index < -0.39 is 17.3 Å². The molecule has 1 spiro atoms. The molecule has 2 saturated heterocycles. The molecule has 2 aliphatic heterocycles. The molecule has 0 aliphatic carbocycles. The number of nitrogens with one attached hydrogen (secondary N) is 1. The number of amides is 1. The van der Waals surface area contributed by atoms with Crippen LogP contribution in [0.3, 0.4) is 0 Å². The van der Waals surface area contributed by atoms with Gasteiger partial charge in [-0.1, -0.05) is 0 Å². The molecule has 0 radical (unpaired) electrons. The van der Waals surface area contributed by atoms with E-state index in [-0.39, 0.29) is 6.09 Å². The predicted octanol–water partition coefficient (Wildman–Crippen LogP) is 1.70. The molecule has 98 valence electrons. The second kappa shape index (κ2) is 4.12. The van der Waals surface area contributed by atoms with E-state index in [4.69, 9.17) is 4.74 Å². The second-order valence-electron chi connectivity index (χ2n) is 5.99. The van der Waals surface area contributed by atoms with E-state index >= 15 is 0 Å². The molecule has 0 aromatic rings. The minimum atomic E-state index is -0.852. The lowest BCUT2D eigenvalue weighted by atomic mass is 9.95. The van der Waals surface area contributed by atoms with Gasteiger partial charge >= 0.3 is 6.09 Å². The van der Waals surface area contributed by atoms with Crippen molar-refractivity contribution in [3.63, 3.8) is 0 Å². The van der Waals surface area contributed by atoms with Crippen LogP contribution in [0.1, 0.15) is 33.6 Å². The third kappa shape index (κ3) is 2.54. The van der Waals surface area contributed by atoms with Gasteiger partial charge in [-0.2, -0.15) is 0 Å². The number of hydrogen-bond acceptors (Lipinski definition) is 3. The number of alkyl halides is 1. The third-order valence-electron chi connectivity index (χ3n) is 3.43. The average Bonchev–Trinajstić information content (AvgIpc) is 2.74. The van der Waals surface area contributed by atoms with E-state index in [1.54, 1.807) is 4.90 Å². The smallest absolute Gasteiger partial charge is 0.410 e. The Morgan fingerprint density at radius 3 is 2.76 bits per heavy atom. The van der Waals surface area contributed by atoms with Crippen LogP contribution >= 0.6 is 0 Å². The quantitative estimate of drug-likeness (QED) is 0.705. The zero-order chi connectivity index (χ0) is 12.7. The molecule has 2 aliphatic rings. The molecular formula is C12H21FN2O2. The van der Waals surface area contributed by atoms with E-state index in [0.29, 0.717) is 32.5 Å². The number of halogens is 1. The van der Waals surface area contributed by atoms with Gasteiger partial charge in [0, 0.05) is 13.1 Å². The molecule has 2 unspecified atom stereocenters. The summed E-state index contributed by atoms with van der Waals surface area (Å²) in [5, 5.41) is 3.20. The SMILES string of the molecule is CC(C)(C)OC(=O)N1CCC2(C1)NCCC2F. The van der Waals surface area contributed by atoms with E-state index in [1.165, 1.54) is 0 Å². The van der Waals surface area contributed by atoms with Crippen LogP contribution in [0.2, 0.25) is 0 Å². The largest absolute Gasteiger partial charge is 0.444 e. The molecule has 17 heavy (non-hydrogen) atoms. The fourth-order valence-corrected chi connectivity index (χ4v) is 2.55. The van der Waals surface area contributed by atoms with Crippen LogP contribution < -0.4 is 5.32 Å². The number of likely N-dealkylation sites (tertiary alicyclic amines) is 1. The molecule has 2 fully saturated rings. The van der Waals surface area contributed by atoms with Gasteiger partial charge in [0.1, 0.15) is 11.8 Å². The fraction of sp³-hybridized carbons (Fsp3) is 0.917. The van der Waals surface area contributed by atoms with Crippen molar-refractivity contribution in [3.8, 4) is 0 Å². The van der Waals surface area contributed by atoms with Gasteiger partial charge in [0.15, 0.2) is 0 Å². The normalized spacial score (nSPS) is 33.4. The Morgan fingerprint density at radius 1 is 1.53 bits per heavy atom. The monoisotopic (exact) mass is 244 g/mol. The lowest BCUT2D eigenvalue weighted by Crippen LogP contribution is -2.49. The van der Waals surface area contributed by atoms with Crippen molar-refractivity contribution < 1.29 is 13.9 Å². The molecule has 1 amide bonds. The third-order valence-corrected chi connectivity index (χ3v) is 3.43. The molecule has 4 nitrogen and oxygen atoms in total. The first-order valence-electron chi connectivity index (χ1n) is 6.19. The number of nitrogens with zero attached hydrogens (tertiary/aromatic N) is 1. The van der Waals surface area contributed by atoms with Crippen LogP contribution in [-0.4, -0.2) is 47.9 Å². The summed E-state index contributed by atoms with van der Waals surface area (Å²) >= 11 is 0. The Morgan fingerprint density at radius 2 is 2.24 bits per heavy atom. The first-order valence-corrected chi connectivity index (χ1v) is 6.19. The summed E-state index contributed by atoms with van der Waals surface area (Å²) in [6.07, 6.45) is 0.0282. The van der Waals surface area contributed by atoms with Crippen molar-refractivity contribution in [2.24, 2.45) is 0 Å². The molecule has 2 heterocycles. The Bertz CT molecular complexity index is 316. The summed E-state index contributed by atoms with van der Waals surface area (Å²) in [6, 6.07) is 0. The Hall–Kier alpha value is -0.840. The number of carbonyl (C=O) groups excluding carboxylic acids is 1. The molecule has 2 atom stereocenters. The fourth-order valence-electron chi connectivity index (χ4n) is 2.55. The highest BCUT2D eigenvalue weighted by Crippen LogP contribution is 2.33. The minimum Gasteiger partial charge on any atom is -0.444 e. The van der Waals surface area contributed by atoms with Gasteiger partial charge in [-0.05, 0) is 40.2 Å². The summed E-state index contributed by atoms with van der Waals surface area (Å²) in [5.41, 5.74) is -1.01. The summed E-state index contributed by atoms with van der Waals surface area (Å²) < 4.78 is 19.1. The summed E-state index contributed by atoms with van der Waals surface area (Å²) in [5.74, 6) is 0. The van der Waals surface area contributed by atoms with Gasteiger partial charge in [0.05, 0.1) is 5.54 Å². The average molecular weight is 244 g/mol. The molecule has 5 heteroatoms. The second-order valence-corrected chi connectivity index (χ2v) is 5.99. The zero-order valence-corrected chi connectivity index (χ0v) is 10.8. The van der Waals surface area contributed by atoms with Gasteiger partial charge in [0.25, 0.3) is 0 Å². The van der Waals surface area contributed by atoms with Gasteiger partial charge in [-0.15, -0.1) is 0 Å². The summed E-state index contributed by atoms with van der Waals surface area (Å²) in [7, 11) is 0. The van der Waals surface area contributed by atoms with Gasteiger partial charge in [-0.3, -0.25) is 0 Å². The van der Waals surface area contributed by atoms with Crippen LogP contribution in [0.5, 0.6) is 0 Å². The maximum Gasteiger partial charge on any atom is 0.410 e. The molecular weight excluding hydrogens is 223 g/mol. The molecule has 0 bridgehead atoms. The van der Waals surface area contributed by atoms with E-state index in [1.807, 2.05) is 20.8 Å². The summed E-state index contributed by atoms with van der Waals surface area (Å²) in [6.45, 7) is 7.20.